The Morgan fingerprint density at radius 1 is 1.45 bits per heavy atom. The molecule has 0 aromatic rings. The first-order valence-corrected chi connectivity index (χ1v) is 9.64. The zero-order chi connectivity index (χ0) is 21.6. The van der Waals surface area contributed by atoms with E-state index in [-0.39, 0.29) is 16.7 Å². The van der Waals surface area contributed by atoms with E-state index in [9.17, 15) is 19.5 Å². The van der Waals surface area contributed by atoms with Crippen LogP contribution in [0.3, 0.4) is 0 Å². The van der Waals surface area contributed by atoms with Crippen LogP contribution in [0, 0.1) is 5.92 Å². The van der Waals surface area contributed by atoms with E-state index < -0.39 is 41.3 Å². The highest BCUT2D eigenvalue weighted by Gasteiger charge is 2.58. The second-order valence-corrected chi connectivity index (χ2v) is 8.30. The minimum absolute atomic E-state index is 0.0949. The average molecular weight is 405 g/mol. The number of carbonyl (C=O) groups is 3. The third-order valence-electron chi connectivity index (χ3n) is 6.45. The largest absolute Gasteiger partial charge is 0.797 e. The van der Waals surface area contributed by atoms with Gasteiger partial charge in [0.05, 0.1) is 31.4 Å². The number of rotatable bonds is 2. The molecule has 0 N–H and O–H groups in total. The fraction of sp³-hybridized carbons (Fsp3) is 0.571. The summed E-state index contributed by atoms with van der Waals surface area (Å²) in [5.41, 5.74) is -2.95. The molecule has 0 aromatic heterocycles. The van der Waals surface area contributed by atoms with Gasteiger partial charge in [0.2, 0.25) is 5.60 Å². The van der Waals surface area contributed by atoms with Crippen LogP contribution in [0.25, 0.3) is 0 Å². The molecule has 3 aliphatic rings. The molecule has 8 heteroatoms. The summed E-state index contributed by atoms with van der Waals surface area (Å²) >= 11 is 0. The highest BCUT2D eigenvalue weighted by molar-refractivity contribution is 5.92. The molecule has 0 bridgehead atoms. The number of ether oxygens (including phenoxy) is 3. The van der Waals surface area contributed by atoms with Crippen LogP contribution in [0.5, 0.6) is 0 Å². The van der Waals surface area contributed by atoms with Gasteiger partial charge in [-0.05, 0) is 13.0 Å². The fourth-order valence-corrected chi connectivity index (χ4v) is 4.40. The Morgan fingerprint density at radius 3 is 2.76 bits per heavy atom. The van der Waals surface area contributed by atoms with Gasteiger partial charge in [-0.1, -0.05) is 25.7 Å². The minimum atomic E-state index is -1.73. The number of nitrogens with zero attached hydrogens (tertiary/aromatic N) is 1. The summed E-state index contributed by atoms with van der Waals surface area (Å²) in [4.78, 5) is 37.4. The topological polar surface area (TPSA) is 102 Å². The molecule has 29 heavy (non-hydrogen) atoms. The lowest BCUT2D eigenvalue weighted by Gasteiger charge is -2.49. The van der Waals surface area contributed by atoms with Crippen LogP contribution >= 0.6 is 0 Å². The molecule has 1 unspecified atom stereocenters. The maximum Gasteiger partial charge on any atom is 0.351 e. The van der Waals surface area contributed by atoms with Gasteiger partial charge in [0.25, 0.3) is 0 Å². The van der Waals surface area contributed by atoms with E-state index in [0.717, 1.165) is 0 Å². The molecule has 1 saturated heterocycles. The molecule has 1 fully saturated rings. The first-order chi connectivity index (χ1) is 13.5. The molecule has 3 heterocycles. The lowest BCUT2D eigenvalue weighted by Crippen LogP contribution is -2.69. The molecular weight excluding hydrogens is 378 g/mol. The normalized spacial score (nSPS) is 41.6. The number of quaternary nitrogens is 1. The number of cyclic esters (lactones) is 1. The summed E-state index contributed by atoms with van der Waals surface area (Å²) < 4.78 is 16.5. The van der Waals surface area contributed by atoms with Crippen LogP contribution in [0.15, 0.2) is 36.0 Å². The number of likely N-dealkylation sites (N-methyl/N-ethyl adjacent to an activating group) is 1. The Labute approximate surface area is 170 Å². The van der Waals surface area contributed by atoms with Crippen molar-refractivity contribution in [2.75, 3.05) is 26.7 Å². The van der Waals surface area contributed by atoms with E-state index in [1.54, 1.807) is 13.0 Å². The standard InChI is InChI=1S/C21H27NO7/c1-6-15-11-13(2)20(4,29-14(3)23)19(25)27-12-16-7-9-22(5)10-8-17(21(16,22)26)28-18(15)24/h6-7,11,13,17H,1,8-10,12H2,2-5H3/b15-11-/t13-,17+,20-,21-,22?/m1/s1. The average Bonchev–Trinajstić information content (AvgIpc) is 3.04. The summed E-state index contributed by atoms with van der Waals surface area (Å²) in [6.07, 6.45) is 4.04. The third-order valence-corrected chi connectivity index (χ3v) is 6.45. The third kappa shape index (κ3) is 3.20. The van der Waals surface area contributed by atoms with Gasteiger partial charge in [0, 0.05) is 24.8 Å². The quantitative estimate of drug-likeness (QED) is 0.283. The smallest absolute Gasteiger partial charge is 0.351 e. The minimum Gasteiger partial charge on any atom is -0.797 e. The van der Waals surface area contributed by atoms with Crippen molar-refractivity contribution in [2.45, 2.75) is 44.6 Å². The predicted molar refractivity (Wildman–Crippen MR) is 99.8 cm³/mol. The van der Waals surface area contributed by atoms with E-state index in [4.69, 9.17) is 14.2 Å². The van der Waals surface area contributed by atoms with Gasteiger partial charge < -0.3 is 23.8 Å². The van der Waals surface area contributed by atoms with E-state index in [0.29, 0.717) is 25.1 Å². The number of carbonyl (C=O) groups excluding carboxylic acids is 3. The number of hydrogen-bond donors (Lipinski definition) is 0. The van der Waals surface area contributed by atoms with Crippen molar-refractivity contribution in [3.63, 3.8) is 0 Å². The fourth-order valence-electron chi connectivity index (χ4n) is 4.40. The van der Waals surface area contributed by atoms with E-state index in [2.05, 4.69) is 6.58 Å². The molecule has 0 amide bonds. The molecule has 8 nitrogen and oxygen atoms in total. The second-order valence-electron chi connectivity index (χ2n) is 8.30. The van der Waals surface area contributed by atoms with Gasteiger partial charge >= 0.3 is 17.9 Å². The number of hydrogen-bond acceptors (Lipinski definition) is 7. The monoisotopic (exact) mass is 405 g/mol. The zero-order valence-corrected chi connectivity index (χ0v) is 17.2. The van der Waals surface area contributed by atoms with Crippen LogP contribution < -0.4 is 5.11 Å². The Hall–Kier alpha value is -2.45. The lowest BCUT2D eigenvalue weighted by atomic mass is 9.88. The van der Waals surface area contributed by atoms with Gasteiger partial charge in [-0.15, -0.1) is 0 Å². The molecule has 3 aliphatic heterocycles. The maximum absolute atomic E-state index is 13.9. The molecule has 0 spiro atoms. The van der Waals surface area contributed by atoms with Crippen LogP contribution in [0.1, 0.15) is 27.2 Å². The van der Waals surface area contributed by atoms with Gasteiger partial charge in [-0.3, -0.25) is 4.79 Å². The first kappa shape index (κ1) is 21.3. The SMILES string of the molecule is C=C/C1=C/[C@@H](C)[C@@](C)(OC(C)=O)C(=O)OCC2=CC[N+]3(C)CC[C@H](OC1=O)[C@]23[O-]. The van der Waals surface area contributed by atoms with Crippen molar-refractivity contribution in [2.24, 2.45) is 5.92 Å². The lowest BCUT2D eigenvalue weighted by molar-refractivity contribution is -1.01. The molecule has 3 rings (SSSR count). The highest BCUT2D eigenvalue weighted by Crippen LogP contribution is 2.43. The Morgan fingerprint density at radius 2 is 2.14 bits per heavy atom. The van der Waals surface area contributed by atoms with Crippen molar-refractivity contribution in [1.82, 2.24) is 0 Å². The maximum atomic E-state index is 13.9. The molecule has 0 aliphatic carbocycles. The van der Waals surface area contributed by atoms with Crippen LogP contribution in [0.4, 0.5) is 0 Å². The summed E-state index contributed by atoms with van der Waals surface area (Å²) in [6, 6.07) is 0. The molecule has 0 saturated carbocycles. The Bertz CT molecular complexity index is 831. The summed E-state index contributed by atoms with van der Waals surface area (Å²) in [6.45, 7) is 8.64. The van der Waals surface area contributed by atoms with Gasteiger partial charge in [-0.2, -0.15) is 0 Å². The van der Waals surface area contributed by atoms with Crippen molar-refractivity contribution in [1.29, 1.82) is 0 Å². The zero-order valence-electron chi connectivity index (χ0n) is 17.2. The van der Waals surface area contributed by atoms with E-state index >= 15 is 0 Å². The van der Waals surface area contributed by atoms with Crippen LogP contribution in [-0.2, 0) is 28.6 Å². The Kier molecular flexibility index (Phi) is 5.21. The van der Waals surface area contributed by atoms with Crippen LogP contribution in [-0.4, -0.2) is 66.6 Å². The second kappa shape index (κ2) is 7.11. The van der Waals surface area contributed by atoms with Crippen molar-refractivity contribution in [3.05, 3.63) is 36.0 Å². The summed E-state index contributed by atoms with van der Waals surface area (Å²) in [5.74, 6) is -2.85. The van der Waals surface area contributed by atoms with Crippen molar-refractivity contribution >= 4 is 17.9 Å². The highest BCUT2D eigenvalue weighted by atomic mass is 16.6. The van der Waals surface area contributed by atoms with Gasteiger partial charge in [-0.25, -0.2) is 9.59 Å². The molecule has 158 valence electrons. The van der Waals surface area contributed by atoms with Crippen LogP contribution in [0.2, 0.25) is 0 Å². The van der Waals surface area contributed by atoms with Crippen molar-refractivity contribution in [3.8, 4) is 0 Å². The molecule has 5 atom stereocenters. The predicted octanol–water partition coefficient (Wildman–Crippen LogP) is 0.372. The summed E-state index contributed by atoms with van der Waals surface area (Å²) in [5, 5.41) is 13.9. The molecule has 0 radical (unpaired) electrons. The van der Waals surface area contributed by atoms with Gasteiger partial charge in [0.15, 0.2) is 6.10 Å². The number of esters is 3. The summed E-state index contributed by atoms with van der Waals surface area (Å²) in [7, 11) is 1.81. The first-order valence-electron chi connectivity index (χ1n) is 9.64. The van der Waals surface area contributed by atoms with Gasteiger partial charge in [0.1, 0.15) is 6.61 Å². The molecule has 0 aromatic carbocycles. The van der Waals surface area contributed by atoms with E-state index in [1.165, 1.54) is 26.0 Å². The van der Waals surface area contributed by atoms with E-state index in [1.807, 2.05) is 7.05 Å². The Balaban J connectivity index is 2.08. The van der Waals surface area contributed by atoms with Crippen molar-refractivity contribution < 1.29 is 38.2 Å². The molecular formula is C21H27NO7.